The number of methoxy groups -OCH3 is 1. The Bertz CT molecular complexity index is 1300. The minimum atomic E-state index is -4.16. The van der Waals surface area contributed by atoms with Crippen LogP contribution in [0.4, 0.5) is 5.69 Å². The molecule has 0 radical (unpaired) electrons. The van der Waals surface area contributed by atoms with E-state index in [9.17, 15) is 23.1 Å². The summed E-state index contributed by atoms with van der Waals surface area (Å²) in [4.78, 5) is 23.9. The van der Waals surface area contributed by atoms with Crippen LogP contribution in [0.15, 0.2) is 71.6 Å². The molecule has 0 aliphatic heterocycles. The number of halogens is 1. The molecule has 0 aromatic heterocycles. The van der Waals surface area contributed by atoms with E-state index < -0.39 is 26.8 Å². The first-order chi connectivity index (χ1) is 16.1. The van der Waals surface area contributed by atoms with Crippen LogP contribution in [0.3, 0.4) is 0 Å². The Balaban J connectivity index is 1.92. The lowest BCUT2D eigenvalue weighted by atomic mass is 10.1. The maximum absolute atomic E-state index is 13.2. The van der Waals surface area contributed by atoms with Crippen molar-refractivity contribution in [3.63, 3.8) is 0 Å². The molecule has 0 fully saturated rings. The number of rotatable bonds is 9. The van der Waals surface area contributed by atoms with Gasteiger partial charge < -0.3 is 15.2 Å². The lowest BCUT2D eigenvalue weighted by Gasteiger charge is -2.20. The number of carboxylic acids is 1. The third kappa shape index (κ3) is 5.74. The molecule has 10 heteroatoms. The maximum atomic E-state index is 13.2. The second kappa shape index (κ2) is 10.7. The first-order valence-electron chi connectivity index (χ1n) is 10.2. The number of aromatic carboxylic acids is 1. The van der Waals surface area contributed by atoms with Crippen molar-refractivity contribution in [3.05, 3.63) is 88.4 Å². The Morgan fingerprint density at radius 1 is 1.03 bits per heavy atom. The van der Waals surface area contributed by atoms with Gasteiger partial charge in [0.25, 0.3) is 5.91 Å². The van der Waals surface area contributed by atoms with Crippen molar-refractivity contribution in [3.8, 4) is 5.75 Å². The van der Waals surface area contributed by atoms with Gasteiger partial charge in [0.05, 0.1) is 23.4 Å². The van der Waals surface area contributed by atoms with Gasteiger partial charge in [0.15, 0.2) is 0 Å². The maximum Gasteiger partial charge on any atom is 0.335 e. The van der Waals surface area contributed by atoms with Crippen LogP contribution in [0.1, 0.15) is 26.3 Å². The van der Waals surface area contributed by atoms with E-state index in [1.807, 2.05) is 30.3 Å². The average molecular weight is 503 g/mol. The van der Waals surface area contributed by atoms with E-state index in [2.05, 4.69) is 5.32 Å². The standard InChI is InChI=1S/C24H23ClN2O6S/c1-27(13-12-16-6-4-3-5-7-16)34(31,32)21-15-18(24(29)30)14-20(22(21)25)26-23(28)17-8-10-19(33-2)11-9-17/h3-11,14-15H,12-13H2,1-2H3,(H,26,28)(H,29,30). The highest BCUT2D eigenvalue weighted by molar-refractivity contribution is 7.89. The Kier molecular flexibility index (Phi) is 7.93. The molecule has 8 nitrogen and oxygen atoms in total. The zero-order valence-corrected chi connectivity index (χ0v) is 20.1. The fourth-order valence-electron chi connectivity index (χ4n) is 3.16. The summed E-state index contributed by atoms with van der Waals surface area (Å²) in [6, 6.07) is 17.6. The van der Waals surface area contributed by atoms with Gasteiger partial charge in [-0.2, -0.15) is 0 Å². The van der Waals surface area contributed by atoms with Crippen molar-refractivity contribution in [2.24, 2.45) is 0 Å². The molecule has 3 aromatic carbocycles. The first kappa shape index (κ1) is 25.2. The van der Waals surface area contributed by atoms with Gasteiger partial charge in [-0.1, -0.05) is 41.9 Å². The molecule has 2 N–H and O–H groups in total. The smallest absolute Gasteiger partial charge is 0.335 e. The molecule has 0 saturated heterocycles. The van der Waals surface area contributed by atoms with Crippen LogP contribution in [-0.4, -0.2) is 50.4 Å². The monoisotopic (exact) mass is 502 g/mol. The summed E-state index contributed by atoms with van der Waals surface area (Å²) < 4.78 is 32.7. The van der Waals surface area contributed by atoms with E-state index in [1.54, 1.807) is 12.1 Å². The van der Waals surface area contributed by atoms with E-state index in [0.29, 0.717) is 12.2 Å². The molecule has 1 amide bonds. The van der Waals surface area contributed by atoms with Crippen LogP contribution in [0.25, 0.3) is 0 Å². The highest BCUT2D eigenvalue weighted by atomic mass is 35.5. The summed E-state index contributed by atoms with van der Waals surface area (Å²) in [5.74, 6) is -1.40. The second-order valence-corrected chi connectivity index (χ2v) is 9.78. The minimum Gasteiger partial charge on any atom is -0.497 e. The van der Waals surface area contributed by atoms with Crippen LogP contribution in [0, 0.1) is 0 Å². The lowest BCUT2D eigenvalue weighted by molar-refractivity contribution is 0.0696. The Hall–Kier alpha value is -3.40. The number of carboxylic acid groups (broad SMARTS) is 1. The van der Waals surface area contributed by atoms with E-state index >= 15 is 0 Å². The third-order valence-electron chi connectivity index (χ3n) is 5.13. The second-order valence-electron chi connectivity index (χ2n) is 7.39. The molecule has 3 rings (SSSR count). The number of sulfonamides is 1. The molecule has 0 aliphatic rings. The number of anilines is 1. The fraction of sp³-hybridized carbons (Fsp3) is 0.167. The summed E-state index contributed by atoms with van der Waals surface area (Å²) in [7, 11) is -1.28. The van der Waals surface area contributed by atoms with Crippen molar-refractivity contribution in [1.82, 2.24) is 4.31 Å². The highest BCUT2D eigenvalue weighted by Gasteiger charge is 2.27. The average Bonchev–Trinajstić information content (AvgIpc) is 2.84. The quantitative estimate of drug-likeness (QED) is 0.454. The van der Waals surface area contributed by atoms with E-state index in [1.165, 1.54) is 26.3 Å². The summed E-state index contributed by atoms with van der Waals surface area (Å²) >= 11 is 6.38. The summed E-state index contributed by atoms with van der Waals surface area (Å²) in [5, 5.41) is 11.7. The van der Waals surface area contributed by atoms with Crippen LogP contribution in [-0.2, 0) is 16.4 Å². The fourth-order valence-corrected chi connectivity index (χ4v) is 4.88. The number of nitrogens with one attached hydrogen (secondary N) is 1. The molecule has 3 aromatic rings. The molecular weight excluding hydrogens is 480 g/mol. The van der Waals surface area contributed by atoms with Gasteiger partial charge in [-0.3, -0.25) is 4.79 Å². The molecule has 178 valence electrons. The highest BCUT2D eigenvalue weighted by Crippen LogP contribution is 2.33. The van der Waals surface area contributed by atoms with Gasteiger partial charge in [-0.25, -0.2) is 17.5 Å². The van der Waals surface area contributed by atoms with Crippen molar-refractivity contribution in [2.45, 2.75) is 11.3 Å². The van der Waals surface area contributed by atoms with Crippen LogP contribution < -0.4 is 10.1 Å². The van der Waals surface area contributed by atoms with E-state index in [0.717, 1.165) is 22.0 Å². The zero-order chi connectivity index (χ0) is 24.9. The van der Waals surface area contributed by atoms with Crippen LogP contribution in [0.5, 0.6) is 5.75 Å². The zero-order valence-electron chi connectivity index (χ0n) is 18.5. The normalized spacial score (nSPS) is 11.3. The number of likely N-dealkylation sites (N-methyl/N-ethyl adjacent to an activating group) is 1. The van der Waals surface area contributed by atoms with Gasteiger partial charge in [0.2, 0.25) is 10.0 Å². The number of carbonyl (C=O) groups is 2. The Morgan fingerprint density at radius 2 is 1.68 bits per heavy atom. The molecule has 0 bridgehead atoms. The number of benzene rings is 3. The summed E-state index contributed by atoms with van der Waals surface area (Å²) in [6.45, 7) is 0.146. The number of nitrogens with zero attached hydrogens (tertiary/aromatic N) is 1. The third-order valence-corrected chi connectivity index (χ3v) is 7.53. The topological polar surface area (TPSA) is 113 Å². The number of hydrogen-bond acceptors (Lipinski definition) is 5. The molecule has 34 heavy (non-hydrogen) atoms. The molecule has 0 unspecified atom stereocenters. The Labute approximate surface area is 202 Å². The molecule has 0 aliphatic carbocycles. The predicted molar refractivity (Wildman–Crippen MR) is 129 cm³/mol. The number of amides is 1. The van der Waals surface area contributed by atoms with Crippen LogP contribution in [0.2, 0.25) is 5.02 Å². The predicted octanol–water partition coefficient (Wildman–Crippen LogP) is 4.16. The minimum absolute atomic E-state index is 0.127. The van der Waals surface area contributed by atoms with Crippen LogP contribution >= 0.6 is 11.6 Å². The molecule has 0 spiro atoms. The van der Waals surface area contributed by atoms with Crippen molar-refractivity contribution < 1.29 is 27.9 Å². The molecule has 0 heterocycles. The van der Waals surface area contributed by atoms with Crippen molar-refractivity contribution in [1.29, 1.82) is 0 Å². The lowest BCUT2D eigenvalue weighted by Crippen LogP contribution is -2.29. The van der Waals surface area contributed by atoms with E-state index in [4.69, 9.17) is 16.3 Å². The number of carbonyl (C=O) groups excluding carboxylic acids is 1. The summed E-state index contributed by atoms with van der Waals surface area (Å²) in [5.41, 5.74) is 0.742. The van der Waals surface area contributed by atoms with Gasteiger partial charge in [-0.05, 0) is 48.4 Å². The van der Waals surface area contributed by atoms with E-state index in [-0.39, 0.29) is 28.4 Å². The van der Waals surface area contributed by atoms with Gasteiger partial charge in [-0.15, -0.1) is 0 Å². The van der Waals surface area contributed by atoms with Crippen molar-refractivity contribution >= 4 is 39.2 Å². The number of hydrogen-bond donors (Lipinski definition) is 2. The molecule has 0 atom stereocenters. The van der Waals surface area contributed by atoms with Crippen molar-refractivity contribution in [2.75, 3.05) is 26.0 Å². The molecular formula is C24H23ClN2O6S. The van der Waals surface area contributed by atoms with Gasteiger partial charge in [0.1, 0.15) is 10.6 Å². The first-order valence-corrected chi connectivity index (χ1v) is 12.0. The molecule has 0 saturated carbocycles. The summed E-state index contributed by atoms with van der Waals surface area (Å²) in [6.07, 6.45) is 0.452. The Morgan fingerprint density at radius 3 is 2.26 bits per heavy atom. The SMILES string of the molecule is COc1ccc(C(=O)Nc2cc(C(=O)O)cc(S(=O)(=O)N(C)CCc3ccccc3)c2Cl)cc1. The number of ether oxygens (including phenoxy) is 1. The largest absolute Gasteiger partial charge is 0.497 e. The van der Waals surface area contributed by atoms with Gasteiger partial charge >= 0.3 is 5.97 Å². The van der Waals surface area contributed by atoms with Gasteiger partial charge in [0, 0.05) is 19.2 Å².